The Hall–Kier alpha value is -3.22. The molecule has 2 aliphatic heterocycles. The van der Waals surface area contributed by atoms with Crippen LogP contribution in [0.25, 0.3) is 0 Å². The fourth-order valence-electron chi connectivity index (χ4n) is 4.05. The van der Waals surface area contributed by atoms with Crippen molar-refractivity contribution in [2.24, 2.45) is 0 Å². The number of phenolic OH excluding ortho intramolecular Hbond substituents is 1. The van der Waals surface area contributed by atoms with Gasteiger partial charge < -0.3 is 20.3 Å². The number of aromatic hydroxyl groups is 1. The topological polar surface area (TPSA) is 99.1 Å². The number of carbonyl (C=O) groups is 2. The molecule has 0 saturated carbocycles. The van der Waals surface area contributed by atoms with Gasteiger partial charge in [-0.25, -0.2) is 9.59 Å². The molecule has 1 fully saturated rings. The first-order valence-corrected chi connectivity index (χ1v) is 9.50. The molecule has 2 heterocycles. The Kier molecular flexibility index (Phi) is 4.05. The largest absolute Gasteiger partial charge is 0.504 e. The van der Waals surface area contributed by atoms with Gasteiger partial charge in [0.15, 0.2) is 17.2 Å². The molecule has 0 spiro atoms. The number of aromatic carboxylic acids is 1. The molecule has 7 nitrogen and oxygen atoms in total. The van der Waals surface area contributed by atoms with Crippen LogP contribution in [0.5, 0.6) is 11.5 Å². The van der Waals surface area contributed by atoms with Crippen LogP contribution in [-0.2, 0) is 5.41 Å². The summed E-state index contributed by atoms with van der Waals surface area (Å²) in [5.41, 5.74) is 0.951. The van der Waals surface area contributed by atoms with Crippen molar-refractivity contribution in [3.05, 3.63) is 53.1 Å². The summed E-state index contributed by atoms with van der Waals surface area (Å²) in [5.74, 6) is -0.704. The zero-order valence-electron chi connectivity index (χ0n) is 16.8. The summed E-state index contributed by atoms with van der Waals surface area (Å²) in [7, 11) is 0. The molecule has 7 heteroatoms. The lowest BCUT2D eigenvalue weighted by atomic mass is 9.82. The van der Waals surface area contributed by atoms with Crippen LogP contribution in [0.2, 0.25) is 0 Å². The molecule has 2 aromatic rings. The van der Waals surface area contributed by atoms with Crippen LogP contribution >= 0.6 is 0 Å². The van der Waals surface area contributed by atoms with Crippen molar-refractivity contribution in [1.29, 1.82) is 0 Å². The van der Waals surface area contributed by atoms with Crippen molar-refractivity contribution in [3.63, 3.8) is 0 Å². The number of carboxylic acids is 1. The van der Waals surface area contributed by atoms with Crippen molar-refractivity contribution in [1.82, 2.24) is 5.32 Å². The van der Waals surface area contributed by atoms with Crippen LogP contribution in [0, 0.1) is 0 Å². The Labute approximate surface area is 168 Å². The first-order chi connectivity index (χ1) is 13.5. The van der Waals surface area contributed by atoms with Crippen LogP contribution in [0.1, 0.15) is 61.6 Å². The maximum absolute atomic E-state index is 13.0. The van der Waals surface area contributed by atoms with Gasteiger partial charge in [0.25, 0.3) is 0 Å². The highest BCUT2D eigenvalue weighted by Crippen LogP contribution is 2.50. The summed E-state index contributed by atoms with van der Waals surface area (Å²) < 4.78 is 6.19. The van der Waals surface area contributed by atoms with E-state index in [1.807, 2.05) is 6.07 Å². The number of phenols is 1. The van der Waals surface area contributed by atoms with Crippen LogP contribution in [0.15, 0.2) is 36.4 Å². The number of nitrogens with zero attached hydrogens (tertiary/aromatic N) is 1. The smallest absolute Gasteiger partial charge is 0.335 e. The van der Waals surface area contributed by atoms with Crippen molar-refractivity contribution in [3.8, 4) is 11.5 Å². The highest BCUT2D eigenvalue weighted by molar-refractivity contribution is 5.97. The van der Waals surface area contributed by atoms with Gasteiger partial charge in [-0.05, 0) is 48.2 Å². The SMILES string of the molecule is CC(C)(C)c1cc(O)c2c(c1)[C@@H]1C[C@](C)(O2)N(c2cccc(C(=O)O)c2)C(=O)N1. The van der Waals surface area contributed by atoms with Gasteiger partial charge in [0.05, 0.1) is 17.3 Å². The number of anilines is 1. The number of ether oxygens (including phenoxy) is 1. The van der Waals surface area contributed by atoms with Gasteiger partial charge in [0.2, 0.25) is 0 Å². The van der Waals surface area contributed by atoms with E-state index in [1.165, 1.54) is 17.0 Å². The van der Waals surface area contributed by atoms with Gasteiger partial charge in [-0.2, -0.15) is 0 Å². The van der Waals surface area contributed by atoms with Crippen molar-refractivity contribution in [2.75, 3.05) is 4.90 Å². The van der Waals surface area contributed by atoms with Crippen LogP contribution < -0.4 is 15.0 Å². The van der Waals surface area contributed by atoms with Crippen LogP contribution in [0.4, 0.5) is 10.5 Å². The molecule has 1 saturated heterocycles. The summed E-state index contributed by atoms with van der Waals surface area (Å²) >= 11 is 0. The molecule has 0 radical (unpaired) electrons. The number of carboxylic acid groups (broad SMARTS) is 1. The zero-order chi connectivity index (χ0) is 21.1. The van der Waals surface area contributed by atoms with E-state index in [9.17, 15) is 19.8 Å². The summed E-state index contributed by atoms with van der Waals surface area (Å²) in [6, 6.07) is 9.14. The monoisotopic (exact) mass is 396 g/mol. The molecule has 2 bridgehead atoms. The number of urea groups is 1. The van der Waals surface area contributed by atoms with Gasteiger partial charge >= 0.3 is 12.0 Å². The number of carbonyl (C=O) groups excluding carboxylic acids is 1. The molecule has 0 aromatic heterocycles. The number of fused-ring (bicyclic) bond motifs is 4. The third kappa shape index (κ3) is 3.06. The summed E-state index contributed by atoms with van der Waals surface area (Å²) in [6.07, 6.45) is 0.454. The van der Waals surface area contributed by atoms with Gasteiger partial charge in [0, 0.05) is 12.0 Å². The minimum atomic E-state index is -1.07. The Morgan fingerprint density at radius 1 is 1.28 bits per heavy atom. The average Bonchev–Trinajstić information content (AvgIpc) is 2.61. The van der Waals surface area contributed by atoms with Gasteiger partial charge in [0.1, 0.15) is 0 Å². The predicted octanol–water partition coefficient (Wildman–Crippen LogP) is 4.16. The molecule has 4 rings (SSSR count). The van der Waals surface area contributed by atoms with E-state index >= 15 is 0 Å². The van der Waals surface area contributed by atoms with Crippen molar-refractivity contribution < 1.29 is 24.5 Å². The van der Waals surface area contributed by atoms with E-state index in [1.54, 1.807) is 25.1 Å². The minimum absolute atomic E-state index is 0.0266. The Balaban J connectivity index is 1.80. The maximum Gasteiger partial charge on any atom is 0.335 e. The van der Waals surface area contributed by atoms with E-state index in [-0.39, 0.29) is 28.8 Å². The number of rotatable bonds is 2. The predicted molar refractivity (Wildman–Crippen MR) is 108 cm³/mol. The zero-order valence-corrected chi connectivity index (χ0v) is 16.8. The van der Waals surface area contributed by atoms with Gasteiger partial charge in [-0.15, -0.1) is 0 Å². The van der Waals surface area contributed by atoms with Crippen molar-refractivity contribution >= 4 is 17.7 Å². The van der Waals surface area contributed by atoms with E-state index < -0.39 is 11.7 Å². The molecule has 152 valence electrons. The second kappa shape index (κ2) is 6.14. The molecule has 2 atom stereocenters. The van der Waals surface area contributed by atoms with E-state index in [4.69, 9.17) is 4.74 Å². The average molecular weight is 396 g/mol. The second-order valence-electron chi connectivity index (χ2n) is 8.84. The molecule has 2 amide bonds. The highest BCUT2D eigenvalue weighted by Gasteiger charge is 2.50. The first-order valence-electron chi connectivity index (χ1n) is 9.50. The van der Waals surface area contributed by atoms with E-state index in [0.717, 1.165) is 11.1 Å². The molecule has 3 N–H and O–H groups in total. The number of nitrogens with one attached hydrogen (secondary N) is 1. The van der Waals surface area contributed by atoms with E-state index in [2.05, 4.69) is 26.1 Å². The van der Waals surface area contributed by atoms with Crippen molar-refractivity contribution in [2.45, 2.75) is 51.3 Å². The Morgan fingerprint density at radius 2 is 2.00 bits per heavy atom. The second-order valence-corrected chi connectivity index (χ2v) is 8.84. The highest BCUT2D eigenvalue weighted by atomic mass is 16.5. The Bertz CT molecular complexity index is 1030. The molecular formula is C22H24N2O5. The van der Waals surface area contributed by atoms with Gasteiger partial charge in [-0.1, -0.05) is 26.8 Å². The lowest BCUT2D eigenvalue weighted by molar-refractivity contribution is 0.0348. The molecule has 29 heavy (non-hydrogen) atoms. The number of benzene rings is 2. The number of hydrogen-bond acceptors (Lipinski definition) is 4. The van der Waals surface area contributed by atoms with Crippen LogP contribution in [0.3, 0.4) is 0 Å². The summed E-state index contributed by atoms with van der Waals surface area (Å²) in [6.45, 7) is 7.93. The maximum atomic E-state index is 13.0. The Morgan fingerprint density at radius 3 is 2.66 bits per heavy atom. The third-order valence-electron chi connectivity index (χ3n) is 5.57. The quantitative estimate of drug-likeness (QED) is 0.708. The number of amides is 2. The fourth-order valence-corrected chi connectivity index (χ4v) is 4.05. The summed E-state index contributed by atoms with van der Waals surface area (Å²) in [4.78, 5) is 25.8. The van der Waals surface area contributed by atoms with E-state index in [0.29, 0.717) is 17.9 Å². The lowest BCUT2D eigenvalue weighted by Gasteiger charge is -2.50. The normalized spacial score (nSPS) is 23.1. The molecule has 2 aromatic carbocycles. The number of hydrogen-bond donors (Lipinski definition) is 3. The first kappa shape index (κ1) is 19.1. The molecule has 2 aliphatic rings. The third-order valence-corrected chi connectivity index (χ3v) is 5.57. The minimum Gasteiger partial charge on any atom is -0.504 e. The molecule has 0 unspecified atom stereocenters. The molecular weight excluding hydrogens is 372 g/mol. The molecule has 0 aliphatic carbocycles. The van der Waals surface area contributed by atoms with Crippen LogP contribution in [-0.4, -0.2) is 27.9 Å². The fraction of sp³-hybridized carbons (Fsp3) is 0.364. The summed E-state index contributed by atoms with van der Waals surface area (Å²) in [5, 5.41) is 22.9. The standard InChI is InChI=1S/C22H24N2O5/c1-21(2,3)13-9-15-16-11-22(4,29-18(15)17(25)10-13)24(20(28)23-16)14-7-5-6-12(8-14)19(26)27/h5-10,16,25H,11H2,1-4H3,(H,23,28)(H,26,27)/t16-,22-/m0/s1. The lowest BCUT2D eigenvalue weighted by Crippen LogP contribution is -2.65. The van der Waals surface area contributed by atoms with Gasteiger partial charge in [-0.3, -0.25) is 4.90 Å².